The van der Waals surface area contributed by atoms with Crippen molar-refractivity contribution in [3.63, 3.8) is 0 Å². The summed E-state index contributed by atoms with van der Waals surface area (Å²) in [7, 11) is 0. The molecule has 0 saturated carbocycles. The fourth-order valence-corrected chi connectivity index (χ4v) is 3.55. The fourth-order valence-electron chi connectivity index (χ4n) is 3.30. The SMILES string of the molecule is C=CC(=O)N1CC(C)(C)OC[C@H]1c1cc(Cl)cc(-c2ccnc(C(N)=O)c2)c1. The minimum atomic E-state index is -0.602. The number of morpholine rings is 1. The van der Waals surface area contributed by atoms with E-state index in [4.69, 9.17) is 22.1 Å². The molecule has 1 saturated heterocycles. The van der Waals surface area contributed by atoms with Crippen molar-refractivity contribution in [2.45, 2.75) is 25.5 Å². The van der Waals surface area contributed by atoms with Crippen molar-refractivity contribution in [3.05, 3.63) is 65.5 Å². The topological polar surface area (TPSA) is 85.5 Å². The van der Waals surface area contributed by atoms with Gasteiger partial charge in [-0.15, -0.1) is 0 Å². The minimum absolute atomic E-state index is 0.164. The van der Waals surface area contributed by atoms with Crippen LogP contribution in [0.25, 0.3) is 11.1 Å². The number of hydrogen-bond donors (Lipinski definition) is 1. The molecular weight excluding hydrogens is 378 g/mol. The molecule has 0 bridgehead atoms. The second-order valence-corrected chi connectivity index (χ2v) is 7.76. The predicted octanol–water partition coefficient (Wildman–Crippen LogP) is 3.37. The Morgan fingerprint density at radius 1 is 1.32 bits per heavy atom. The quantitative estimate of drug-likeness (QED) is 0.798. The van der Waals surface area contributed by atoms with Crippen molar-refractivity contribution in [1.82, 2.24) is 9.88 Å². The number of nitrogens with zero attached hydrogens (tertiary/aromatic N) is 2. The van der Waals surface area contributed by atoms with Gasteiger partial charge in [-0.25, -0.2) is 0 Å². The molecule has 1 aliphatic heterocycles. The molecule has 2 amide bonds. The van der Waals surface area contributed by atoms with Crippen LogP contribution in [-0.2, 0) is 9.53 Å². The van der Waals surface area contributed by atoms with Gasteiger partial charge in [-0.2, -0.15) is 0 Å². The summed E-state index contributed by atoms with van der Waals surface area (Å²) in [6.45, 7) is 8.28. The Morgan fingerprint density at radius 2 is 2.07 bits per heavy atom. The molecule has 7 heteroatoms. The van der Waals surface area contributed by atoms with Gasteiger partial charge in [0.2, 0.25) is 5.91 Å². The molecule has 2 aromatic rings. The molecule has 3 rings (SSSR count). The maximum absolute atomic E-state index is 12.5. The van der Waals surface area contributed by atoms with Crippen molar-refractivity contribution >= 4 is 23.4 Å². The number of pyridine rings is 1. The highest BCUT2D eigenvalue weighted by Crippen LogP contribution is 2.34. The molecule has 1 atom stereocenters. The molecule has 2 heterocycles. The minimum Gasteiger partial charge on any atom is -0.371 e. The molecule has 1 aromatic heterocycles. The molecule has 28 heavy (non-hydrogen) atoms. The lowest BCUT2D eigenvalue weighted by molar-refractivity contribution is -0.151. The van der Waals surface area contributed by atoms with Crippen molar-refractivity contribution in [2.75, 3.05) is 13.2 Å². The number of benzene rings is 1. The van der Waals surface area contributed by atoms with E-state index in [-0.39, 0.29) is 17.6 Å². The van der Waals surface area contributed by atoms with Crippen LogP contribution < -0.4 is 5.73 Å². The Morgan fingerprint density at radius 3 is 2.75 bits per heavy atom. The van der Waals surface area contributed by atoms with E-state index >= 15 is 0 Å². The van der Waals surface area contributed by atoms with E-state index in [0.717, 1.165) is 16.7 Å². The summed E-state index contributed by atoms with van der Waals surface area (Å²) >= 11 is 6.37. The van der Waals surface area contributed by atoms with Crippen LogP contribution in [0.3, 0.4) is 0 Å². The number of halogens is 1. The monoisotopic (exact) mass is 399 g/mol. The zero-order valence-corrected chi connectivity index (χ0v) is 16.6. The zero-order valence-electron chi connectivity index (χ0n) is 15.8. The lowest BCUT2D eigenvalue weighted by Crippen LogP contribution is -2.51. The van der Waals surface area contributed by atoms with E-state index < -0.39 is 11.5 Å². The van der Waals surface area contributed by atoms with Gasteiger partial charge in [0, 0.05) is 11.2 Å². The normalized spacial score (nSPS) is 18.5. The third kappa shape index (κ3) is 4.24. The van der Waals surface area contributed by atoms with E-state index in [2.05, 4.69) is 11.6 Å². The van der Waals surface area contributed by atoms with E-state index in [0.29, 0.717) is 18.2 Å². The van der Waals surface area contributed by atoms with Crippen molar-refractivity contribution in [1.29, 1.82) is 0 Å². The number of rotatable bonds is 4. The molecule has 1 fully saturated rings. The van der Waals surface area contributed by atoms with Crippen LogP contribution in [0.4, 0.5) is 0 Å². The number of amides is 2. The van der Waals surface area contributed by atoms with Crippen LogP contribution in [0.2, 0.25) is 5.02 Å². The molecule has 1 aliphatic rings. The molecule has 0 aliphatic carbocycles. The molecule has 146 valence electrons. The lowest BCUT2D eigenvalue weighted by Gasteiger charge is -2.43. The number of carbonyl (C=O) groups is 2. The smallest absolute Gasteiger partial charge is 0.267 e. The highest BCUT2D eigenvalue weighted by Gasteiger charge is 2.36. The first-order chi connectivity index (χ1) is 13.2. The average Bonchev–Trinajstić information content (AvgIpc) is 2.66. The Balaban J connectivity index is 2.03. The van der Waals surface area contributed by atoms with E-state index in [9.17, 15) is 9.59 Å². The van der Waals surface area contributed by atoms with Crippen molar-refractivity contribution in [2.24, 2.45) is 5.73 Å². The largest absolute Gasteiger partial charge is 0.371 e. The Kier molecular flexibility index (Phi) is 5.54. The molecule has 1 aromatic carbocycles. The van der Waals surface area contributed by atoms with Crippen molar-refractivity contribution in [3.8, 4) is 11.1 Å². The number of hydrogen-bond acceptors (Lipinski definition) is 4. The van der Waals surface area contributed by atoms with Crippen LogP contribution in [-0.4, -0.2) is 40.5 Å². The van der Waals surface area contributed by atoms with Crippen LogP contribution in [0.15, 0.2) is 49.2 Å². The van der Waals surface area contributed by atoms with Gasteiger partial charge in [0.15, 0.2) is 0 Å². The number of primary amides is 1. The summed E-state index contributed by atoms with van der Waals surface area (Å²) in [5, 5.41) is 0.515. The Hall–Kier alpha value is -2.70. The van der Waals surface area contributed by atoms with Gasteiger partial charge in [0.25, 0.3) is 5.91 Å². The van der Waals surface area contributed by atoms with Crippen molar-refractivity contribution < 1.29 is 14.3 Å². The standard InChI is InChI=1S/C21H22ClN3O3/c1-4-19(26)25-12-21(2,3)28-11-18(25)15-7-14(8-16(22)9-15)13-5-6-24-17(10-13)20(23)27/h4-10,18H,1,11-12H2,2-3H3,(H2,23,27)/t18-/m0/s1. The third-order valence-corrected chi connectivity index (χ3v) is 4.89. The van der Waals surface area contributed by atoms with Crippen LogP contribution in [0, 0.1) is 0 Å². The zero-order chi connectivity index (χ0) is 20.5. The van der Waals surface area contributed by atoms with Crippen LogP contribution in [0.1, 0.15) is 35.9 Å². The maximum atomic E-state index is 12.5. The van der Waals surface area contributed by atoms with E-state index in [1.54, 1.807) is 23.1 Å². The molecule has 0 radical (unpaired) electrons. The van der Waals surface area contributed by atoms with Gasteiger partial charge in [-0.3, -0.25) is 14.6 Å². The average molecular weight is 400 g/mol. The number of aromatic nitrogens is 1. The highest BCUT2D eigenvalue weighted by molar-refractivity contribution is 6.31. The summed E-state index contributed by atoms with van der Waals surface area (Å²) < 4.78 is 5.95. The highest BCUT2D eigenvalue weighted by atomic mass is 35.5. The molecule has 6 nitrogen and oxygen atoms in total. The lowest BCUT2D eigenvalue weighted by atomic mass is 9.95. The summed E-state index contributed by atoms with van der Waals surface area (Å²) in [6, 6.07) is 8.63. The van der Waals surface area contributed by atoms with E-state index in [1.165, 1.54) is 12.3 Å². The first-order valence-electron chi connectivity index (χ1n) is 8.84. The maximum Gasteiger partial charge on any atom is 0.267 e. The van der Waals surface area contributed by atoms with Crippen LogP contribution >= 0.6 is 11.6 Å². The second-order valence-electron chi connectivity index (χ2n) is 7.32. The second kappa shape index (κ2) is 7.73. The molecular formula is C21H22ClN3O3. The predicted molar refractivity (Wildman–Crippen MR) is 108 cm³/mol. The third-order valence-electron chi connectivity index (χ3n) is 4.67. The molecule has 0 unspecified atom stereocenters. The van der Waals surface area contributed by atoms with Gasteiger partial charge < -0.3 is 15.4 Å². The van der Waals surface area contributed by atoms with Crippen LogP contribution in [0.5, 0.6) is 0 Å². The number of nitrogens with two attached hydrogens (primary N) is 1. The summed E-state index contributed by atoms with van der Waals surface area (Å²) in [4.78, 5) is 29.6. The summed E-state index contributed by atoms with van der Waals surface area (Å²) in [5.41, 5.74) is 7.45. The van der Waals surface area contributed by atoms with Gasteiger partial charge >= 0.3 is 0 Å². The van der Waals surface area contributed by atoms with Gasteiger partial charge in [-0.1, -0.05) is 18.2 Å². The Bertz CT molecular complexity index is 942. The number of ether oxygens (including phenoxy) is 1. The number of carbonyl (C=O) groups excluding carboxylic acids is 2. The van der Waals surface area contributed by atoms with Gasteiger partial charge in [-0.05, 0) is 66.9 Å². The molecule has 2 N–H and O–H groups in total. The van der Waals surface area contributed by atoms with Gasteiger partial charge in [0.05, 0.1) is 24.8 Å². The first-order valence-corrected chi connectivity index (χ1v) is 9.22. The Labute approximate surface area is 169 Å². The summed E-state index contributed by atoms with van der Waals surface area (Å²) in [5.74, 6) is -0.766. The van der Waals surface area contributed by atoms with Gasteiger partial charge in [0.1, 0.15) is 5.69 Å². The molecule has 0 spiro atoms. The first kappa shape index (κ1) is 20.0. The fraction of sp³-hybridized carbons (Fsp3) is 0.286. The van der Waals surface area contributed by atoms with E-state index in [1.807, 2.05) is 26.0 Å². The summed E-state index contributed by atoms with van der Waals surface area (Å²) in [6.07, 6.45) is 2.83.